The molecule has 1 aliphatic heterocycles. The number of para-hydroxylation sites is 1. The molecule has 0 radical (unpaired) electrons. The summed E-state index contributed by atoms with van der Waals surface area (Å²) in [4.78, 5) is 13.2. The minimum atomic E-state index is 0.110. The molecule has 21 heavy (non-hydrogen) atoms. The van der Waals surface area contributed by atoms with Crippen LogP contribution in [0, 0.1) is 0 Å². The van der Waals surface area contributed by atoms with Crippen molar-refractivity contribution in [3.63, 3.8) is 0 Å². The maximum absolute atomic E-state index is 11.7. The highest BCUT2D eigenvalue weighted by atomic mass is 16.5. The van der Waals surface area contributed by atoms with Crippen molar-refractivity contribution in [2.75, 3.05) is 46.0 Å². The second-order valence-electron chi connectivity index (χ2n) is 5.23. The quantitative estimate of drug-likeness (QED) is 0.657. The van der Waals surface area contributed by atoms with E-state index in [0.717, 1.165) is 51.6 Å². The third-order valence-corrected chi connectivity index (χ3v) is 3.56. The van der Waals surface area contributed by atoms with Gasteiger partial charge in [0.1, 0.15) is 18.8 Å². The molecule has 1 heterocycles. The lowest BCUT2D eigenvalue weighted by Gasteiger charge is -2.23. The van der Waals surface area contributed by atoms with Crippen LogP contribution in [0.2, 0.25) is 0 Å². The summed E-state index contributed by atoms with van der Waals surface area (Å²) < 4.78 is 10.9. The van der Waals surface area contributed by atoms with E-state index < -0.39 is 0 Å². The zero-order valence-corrected chi connectivity index (χ0v) is 12.5. The summed E-state index contributed by atoms with van der Waals surface area (Å²) in [6.07, 6.45) is 1.26. The summed E-state index contributed by atoms with van der Waals surface area (Å²) in [6, 6.07) is 9.68. The number of hydrogen-bond donors (Lipinski definition) is 2. The molecular weight excluding hydrogens is 268 g/mol. The van der Waals surface area contributed by atoms with Gasteiger partial charge in [-0.3, -0.25) is 4.79 Å². The van der Waals surface area contributed by atoms with Crippen LogP contribution < -0.4 is 15.0 Å². The third-order valence-electron chi connectivity index (χ3n) is 3.56. The molecule has 0 unspecified atom stereocenters. The van der Waals surface area contributed by atoms with Gasteiger partial charge in [0.05, 0.1) is 32.9 Å². The topological polar surface area (TPSA) is 52.0 Å². The molecule has 1 aromatic carbocycles. The Balaban J connectivity index is 1.47. The number of hydrogen-bond acceptors (Lipinski definition) is 3. The number of rotatable bonds is 8. The fourth-order valence-corrected chi connectivity index (χ4v) is 2.32. The Morgan fingerprint density at radius 2 is 2.00 bits per heavy atom. The van der Waals surface area contributed by atoms with Crippen molar-refractivity contribution in [1.29, 1.82) is 0 Å². The molecule has 5 heteroatoms. The van der Waals surface area contributed by atoms with Gasteiger partial charge >= 0.3 is 0 Å². The van der Waals surface area contributed by atoms with Gasteiger partial charge in [0.25, 0.3) is 0 Å². The monoisotopic (exact) mass is 293 g/mol. The van der Waals surface area contributed by atoms with E-state index in [1.165, 1.54) is 4.90 Å². The number of nitrogens with one attached hydrogen (secondary N) is 2. The van der Waals surface area contributed by atoms with Crippen LogP contribution in [0.5, 0.6) is 5.75 Å². The van der Waals surface area contributed by atoms with Crippen LogP contribution in [0.4, 0.5) is 0 Å². The van der Waals surface area contributed by atoms with Crippen LogP contribution in [-0.4, -0.2) is 51.9 Å². The molecule has 0 aromatic heterocycles. The van der Waals surface area contributed by atoms with Gasteiger partial charge in [-0.05, 0) is 18.6 Å². The van der Waals surface area contributed by atoms with Crippen molar-refractivity contribution in [1.82, 2.24) is 5.32 Å². The van der Waals surface area contributed by atoms with Crippen LogP contribution in [-0.2, 0) is 9.53 Å². The van der Waals surface area contributed by atoms with Crippen molar-refractivity contribution in [2.24, 2.45) is 0 Å². The Labute approximate surface area is 126 Å². The molecule has 1 fully saturated rings. The first kappa shape index (κ1) is 15.8. The molecule has 5 nitrogen and oxygen atoms in total. The van der Waals surface area contributed by atoms with E-state index in [2.05, 4.69) is 5.32 Å². The van der Waals surface area contributed by atoms with Crippen LogP contribution in [0.15, 0.2) is 30.3 Å². The van der Waals surface area contributed by atoms with Gasteiger partial charge in [0.15, 0.2) is 0 Å². The molecule has 0 saturated carbocycles. The van der Waals surface area contributed by atoms with Gasteiger partial charge in [-0.2, -0.15) is 0 Å². The van der Waals surface area contributed by atoms with E-state index >= 15 is 0 Å². The molecule has 0 aliphatic carbocycles. The number of benzene rings is 1. The lowest BCUT2D eigenvalue weighted by atomic mass is 10.3. The van der Waals surface area contributed by atoms with E-state index in [9.17, 15) is 4.79 Å². The van der Waals surface area contributed by atoms with Crippen LogP contribution in [0.25, 0.3) is 0 Å². The smallest absolute Gasteiger partial charge is 0.220 e. The van der Waals surface area contributed by atoms with Crippen molar-refractivity contribution < 1.29 is 19.2 Å². The Morgan fingerprint density at radius 1 is 1.24 bits per heavy atom. The summed E-state index contributed by atoms with van der Waals surface area (Å²) >= 11 is 0. The minimum Gasteiger partial charge on any atom is -0.494 e. The number of quaternary nitrogens is 1. The number of carbonyl (C=O) groups excluding carboxylic acids is 1. The van der Waals surface area contributed by atoms with E-state index in [1.54, 1.807) is 0 Å². The predicted molar refractivity (Wildman–Crippen MR) is 80.6 cm³/mol. The molecule has 0 bridgehead atoms. The van der Waals surface area contributed by atoms with E-state index in [-0.39, 0.29) is 5.91 Å². The molecule has 0 spiro atoms. The maximum atomic E-state index is 11.7. The number of amides is 1. The van der Waals surface area contributed by atoms with Crippen molar-refractivity contribution in [3.8, 4) is 5.75 Å². The second-order valence-corrected chi connectivity index (χ2v) is 5.23. The SMILES string of the molecule is O=C(CCCOc1ccccc1)NCC[NH+]1CCOCC1. The highest BCUT2D eigenvalue weighted by molar-refractivity contribution is 5.75. The molecule has 1 amide bonds. The summed E-state index contributed by atoms with van der Waals surface area (Å²) in [5.41, 5.74) is 0. The van der Waals surface area contributed by atoms with Gasteiger partial charge in [-0.15, -0.1) is 0 Å². The zero-order valence-electron chi connectivity index (χ0n) is 12.5. The van der Waals surface area contributed by atoms with Gasteiger partial charge in [-0.1, -0.05) is 18.2 Å². The Morgan fingerprint density at radius 3 is 2.76 bits per heavy atom. The normalized spacial score (nSPS) is 15.6. The van der Waals surface area contributed by atoms with Crippen LogP contribution in [0.3, 0.4) is 0 Å². The summed E-state index contributed by atoms with van der Waals surface area (Å²) in [6.45, 7) is 6.05. The molecule has 1 saturated heterocycles. The Kier molecular flexibility index (Phi) is 7.04. The van der Waals surface area contributed by atoms with Gasteiger partial charge in [-0.25, -0.2) is 0 Å². The van der Waals surface area contributed by atoms with Gasteiger partial charge < -0.3 is 19.7 Å². The molecule has 1 aromatic rings. The van der Waals surface area contributed by atoms with Crippen molar-refractivity contribution in [3.05, 3.63) is 30.3 Å². The molecule has 2 rings (SSSR count). The van der Waals surface area contributed by atoms with Gasteiger partial charge in [0, 0.05) is 6.42 Å². The lowest BCUT2D eigenvalue weighted by molar-refractivity contribution is -0.906. The second kappa shape index (κ2) is 9.37. The number of carbonyl (C=O) groups is 1. The fraction of sp³-hybridized carbons (Fsp3) is 0.562. The maximum Gasteiger partial charge on any atom is 0.220 e. The number of morpholine rings is 1. The average Bonchev–Trinajstić information content (AvgIpc) is 2.54. The highest BCUT2D eigenvalue weighted by Crippen LogP contribution is 2.08. The highest BCUT2D eigenvalue weighted by Gasteiger charge is 2.13. The first-order valence-electron chi connectivity index (χ1n) is 7.70. The average molecular weight is 293 g/mol. The van der Waals surface area contributed by atoms with Crippen molar-refractivity contribution in [2.45, 2.75) is 12.8 Å². The minimum absolute atomic E-state index is 0.110. The molecule has 2 N–H and O–H groups in total. The van der Waals surface area contributed by atoms with Gasteiger partial charge in [0.2, 0.25) is 5.91 Å². The fourth-order valence-electron chi connectivity index (χ4n) is 2.32. The summed E-state index contributed by atoms with van der Waals surface area (Å²) in [5.74, 6) is 0.966. The summed E-state index contributed by atoms with van der Waals surface area (Å²) in [7, 11) is 0. The van der Waals surface area contributed by atoms with E-state index in [4.69, 9.17) is 9.47 Å². The summed E-state index contributed by atoms with van der Waals surface area (Å²) in [5, 5.41) is 2.97. The first-order valence-corrected chi connectivity index (χ1v) is 7.70. The molecular formula is C16H25N2O3+. The Bertz CT molecular complexity index is 405. The van der Waals surface area contributed by atoms with Crippen LogP contribution >= 0.6 is 0 Å². The first-order chi connectivity index (χ1) is 10.3. The number of ether oxygens (including phenoxy) is 2. The van der Waals surface area contributed by atoms with Crippen LogP contribution in [0.1, 0.15) is 12.8 Å². The molecule has 116 valence electrons. The lowest BCUT2D eigenvalue weighted by Crippen LogP contribution is -3.14. The van der Waals surface area contributed by atoms with E-state index in [0.29, 0.717) is 13.0 Å². The molecule has 1 aliphatic rings. The Hall–Kier alpha value is -1.59. The molecule has 0 atom stereocenters. The largest absolute Gasteiger partial charge is 0.494 e. The van der Waals surface area contributed by atoms with Crippen molar-refractivity contribution >= 4 is 5.91 Å². The zero-order chi connectivity index (χ0) is 14.8. The predicted octanol–water partition coefficient (Wildman–Crippen LogP) is -0.123. The standard InChI is InChI=1S/C16H24N2O3/c19-16(17-8-9-18-10-13-20-14-11-18)7-4-12-21-15-5-2-1-3-6-15/h1-3,5-6H,4,7-14H2,(H,17,19)/p+1. The van der Waals surface area contributed by atoms with E-state index in [1.807, 2.05) is 30.3 Å². The third kappa shape index (κ3) is 6.60.